The zero-order chi connectivity index (χ0) is 14.0. The second-order valence-electron chi connectivity index (χ2n) is 4.77. The summed E-state index contributed by atoms with van der Waals surface area (Å²) in [6.45, 7) is 6.53. The van der Waals surface area contributed by atoms with Crippen LogP contribution in [0, 0.1) is 5.41 Å². The summed E-state index contributed by atoms with van der Waals surface area (Å²) in [7, 11) is 0. The molecule has 0 fully saturated rings. The minimum atomic E-state index is -4.60. The molecule has 0 atom stereocenters. The highest BCUT2D eigenvalue weighted by molar-refractivity contribution is 6.29. The topological polar surface area (TPSA) is 37.8 Å². The Labute approximate surface area is 109 Å². The number of halogens is 4. The molecule has 0 aliphatic rings. The van der Waals surface area contributed by atoms with Crippen molar-refractivity contribution < 1.29 is 13.2 Å². The number of nitrogens with zero attached hydrogens (tertiary/aromatic N) is 2. The monoisotopic (exact) mass is 281 g/mol. The predicted octanol–water partition coefficient (Wildman–Crippen LogP) is 4.00. The Bertz CT molecular complexity index is 418. The van der Waals surface area contributed by atoms with Gasteiger partial charge >= 0.3 is 6.18 Å². The van der Waals surface area contributed by atoms with Crippen molar-refractivity contribution in [2.45, 2.75) is 33.4 Å². The van der Waals surface area contributed by atoms with E-state index in [0.717, 1.165) is 6.42 Å². The van der Waals surface area contributed by atoms with Crippen LogP contribution in [0.25, 0.3) is 0 Å². The van der Waals surface area contributed by atoms with Crippen molar-refractivity contribution in [2.24, 2.45) is 5.41 Å². The summed E-state index contributed by atoms with van der Waals surface area (Å²) >= 11 is 5.55. The maximum Gasteiger partial charge on any atom is 0.451 e. The molecule has 1 heterocycles. The highest BCUT2D eigenvalue weighted by Crippen LogP contribution is 2.28. The molecule has 102 valence electrons. The van der Waals surface area contributed by atoms with Gasteiger partial charge < -0.3 is 5.32 Å². The van der Waals surface area contributed by atoms with Crippen LogP contribution < -0.4 is 5.32 Å². The Morgan fingerprint density at radius 3 is 2.39 bits per heavy atom. The minimum absolute atomic E-state index is 0.0319. The van der Waals surface area contributed by atoms with Crippen LogP contribution in [0.15, 0.2) is 6.07 Å². The molecular formula is C11H15ClF3N3. The smallest absolute Gasteiger partial charge is 0.369 e. The molecule has 0 aliphatic heterocycles. The Hall–Kier alpha value is -1.04. The first kappa shape index (κ1) is 15.0. The fourth-order valence-electron chi connectivity index (χ4n) is 1.09. The number of nitrogens with one attached hydrogen (secondary N) is 1. The number of aromatic nitrogens is 2. The molecule has 1 aromatic rings. The van der Waals surface area contributed by atoms with Gasteiger partial charge in [-0.05, 0) is 11.8 Å². The second kappa shape index (κ2) is 5.30. The number of hydrogen-bond donors (Lipinski definition) is 1. The molecule has 7 heteroatoms. The third kappa shape index (κ3) is 4.33. The lowest BCUT2D eigenvalue weighted by atomic mass is 9.90. The molecular weight excluding hydrogens is 267 g/mol. The van der Waals surface area contributed by atoms with Crippen LogP contribution >= 0.6 is 11.6 Å². The third-order valence-corrected chi connectivity index (χ3v) is 2.85. The molecule has 1 rings (SSSR count). The lowest BCUT2D eigenvalue weighted by Crippen LogP contribution is -2.23. The van der Waals surface area contributed by atoms with E-state index < -0.39 is 12.0 Å². The molecule has 0 unspecified atom stereocenters. The van der Waals surface area contributed by atoms with Crippen LogP contribution in [0.4, 0.5) is 19.0 Å². The molecule has 0 saturated carbocycles. The van der Waals surface area contributed by atoms with Crippen molar-refractivity contribution >= 4 is 17.4 Å². The third-order valence-electron chi connectivity index (χ3n) is 2.65. The molecule has 1 N–H and O–H groups in total. The summed E-state index contributed by atoms with van der Waals surface area (Å²) in [6, 6.07) is 1.28. The van der Waals surface area contributed by atoms with Crippen LogP contribution in [0.2, 0.25) is 5.15 Å². The van der Waals surface area contributed by atoms with Crippen LogP contribution in [0.5, 0.6) is 0 Å². The van der Waals surface area contributed by atoms with Gasteiger partial charge in [-0.15, -0.1) is 0 Å². The highest BCUT2D eigenvalue weighted by Gasteiger charge is 2.35. The van der Waals surface area contributed by atoms with E-state index in [-0.39, 0.29) is 16.4 Å². The molecule has 0 bridgehead atoms. The Morgan fingerprint density at radius 1 is 1.28 bits per heavy atom. The van der Waals surface area contributed by atoms with Gasteiger partial charge in [0.15, 0.2) is 0 Å². The van der Waals surface area contributed by atoms with Gasteiger partial charge in [-0.3, -0.25) is 0 Å². The average molecular weight is 282 g/mol. The van der Waals surface area contributed by atoms with Crippen LogP contribution in [0.3, 0.4) is 0 Å². The van der Waals surface area contributed by atoms with E-state index in [9.17, 15) is 13.2 Å². The van der Waals surface area contributed by atoms with Gasteiger partial charge in [0.05, 0.1) is 0 Å². The van der Waals surface area contributed by atoms with Gasteiger partial charge in [-0.25, -0.2) is 9.97 Å². The maximum absolute atomic E-state index is 12.5. The lowest BCUT2D eigenvalue weighted by molar-refractivity contribution is -0.144. The van der Waals surface area contributed by atoms with Gasteiger partial charge in [0.1, 0.15) is 11.0 Å². The fraction of sp³-hybridized carbons (Fsp3) is 0.636. The molecule has 3 nitrogen and oxygen atoms in total. The highest BCUT2D eigenvalue weighted by atomic mass is 35.5. The Balaban J connectivity index is 2.88. The van der Waals surface area contributed by atoms with Crippen LogP contribution in [0.1, 0.15) is 33.0 Å². The summed E-state index contributed by atoms with van der Waals surface area (Å²) in [5, 5.41) is 2.63. The summed E-state index contributed by atoms with van der Waals surface area (Å²) in [5.74, 6) is -1.14. The lowest BCUT2D eigenvalue weighted by Gasteiger charge is -2.23. The van der Waals surface area contributed by atoms with E-state index >= 15 is 0 Å². The number of hydrogen-bond acceptors (Lipinski definition) is 3. The van der Waals surface area contributed by atoms with E-state index in [1.165, 1.54) is 6.07 Å². The molecule has 0 spiro atoms. The first-order chi connectivity index (χ1) is 8.14. The predicted molar refractivity (Wildman–Crippen MR) is 64.6 cm³/mol. The van der Waals surface area contributed by atoms with Crippen LogP contribution in [-0.2, 0) is 6.18 Å². The summed E-state index contributed by atoms with van der Waals surface area (Å²) in [5.41, 5.74) is -0.0319. The number of anilines is 1. The van der Waals surface area contributed by atoms with E-state index in [1.54, 1.807) is 0 Å². The molecule has 18 heavy (non-hydrogen) atoms. The average Bonchev–Trinajstić information content (AvgIpc) is 2.25. The van der Waals surface area contributed by atoms with E-state index in [2.05, 4.69) is 15.3 Å². The van der Waals surface area contributed by atoms with Gasteiger partial charge in [0, 0.05) is 12.6 Å². The van der Waals surface area contributed by atoms with Crippen molar-refractivity contribution in [3.05, 3.63) is 17.0 Å². The van der Waals surface area contributed by atoms with E-state index in [1.807, 2.05) is 20.8 Å². The van der Waals surface area contributed by atoms with Crippen LogP contribution in [-0.4, -0.2) is 16.5 Å². The SMILES string of the molecule is CCC(C)(C)CNc1cc(Cl)nc(C(F)(F)F)n1. The first-order valence-electron chi connectivity index (χ1n) is 5.50. The van der Waals surface area contributed by atoms with Crippen molar-refractivity contribution in [1.82, 2.24) is 9.97 Å². The van der Waals surface area contributed by atoms with Gasteiger partial charge in [-0.2, -0.15) is 13.2 Å². The summed E-state index contributed by atoms with van der Waals surface area (Å²) in [4.78, 5) is 6.57. The maximum atomic E-state index is 12.5. The standard InChI is InChI=1S/C11H15ClF3N3/c1-4-10(2,3)6-16-8-5-7(12)17-9(18-8)11(13,14)15/h5H,4,6H2,1-3H3,(H,16,17,18). The fourth-order valence-corrected chi connectivity index (χ4v) is 1.27. The largest absolute Gasteiger partial charge is 0.451 e. The van der Waals surface area contributed by atoms with Gasteiger partial charge in [0.2, 0.25) is 5.82 Å². The Morgan fingerprint density at radius 2 is 1.89 bits per heavy atom. The Kier molecular flexibility index (Phi) is 4.42. The number of alkyl halides is 3. The molecule has 1 aromatic heterocycles. The molecule has 0 saturated heterocycles. The zero-order valence-electron chi connectivity index (χ0n) is 10.4. The zero-order valence-corrected chi connectivity index (χ0v) is 11.2. The summed E-state index contributed by atoms with van der Waals surface area (Å²) < 4.78 is 37.4. The summed E-state index contributed by atoms with van der Waals surface area (Å²) in [6.07, 6.45) is -3.70. The second-order valence-corrected chi connectivity index (χ2v) is 5.16. The molecule has 0 amide bonds. The molecule has 0 aliphatic carbocycles. The minimum Gasteiger partial charge on any atom is -0.369 e. The molecule has 0 radical (unpaired) electrons. The van der Waals surface area contributed by atoms with Crippen molar-refractivity contribution in [3.63, 3.8) is 0 Å². The van der Waals surface area contributed by atoms with E-state index in [4.69, 9.17) is 11.6 Å². The number of rotatable bonds is 4. The van der Waals surface area contributed by atoms with Crippen molar-refractivity contribution in [2.75, 3.05) is 11.9 Å². The van der Waals surface area contributed by atoms with Crippen molar-refractivity contribution in [1.29, 1.82) is 0 Å². The quantitative estimate of drug-likeness (QED) is 0.848. The van der Waals surface area contributed by atoms with Gasteiger partial charge in [0.25, 0.3) is 0 Å². The van der Waals surface area contributed by atoms with Gasteiger partial charge in [-0.1, -0.05) is 32.4 Å². The first-order valence-corrected chi connectivity index (χ1v) is 5.87. The normalized spacial score (nSPS) is 12.6. The van der Waals surface area contributed by atoms with Crippen molar-refractivity contribution in [3.8, 4) is 0 Å². The molecule has 0 aromatic carbocycles. The van der Waals surface area contributed by atoms with E-state index in [0.29, 0.717) is 6.54 Å².